The Hall–Kier alpha value is -1.69. The van der Waals surface area contributed by atoms with E-state index in [0.717, 1.165) is 30.8 Å². The molecule has 1 aromatic rings. The van der Waals surface area contributed by atoms with E-state index in [1.165, 1.54) is 12.8 Å². The zero-order chi connectivity index (χ0) is 15.1. The van der Waals surface area contributed by atoms with Gasteiger partial charge < -0.3 is 9.47 Å². The number of hydrogen-bond donors (Lipinski definition) is 0. The number of rotatable bonds is 6. The van der Waals surface area contributed by atoms with Gasteiger partial charge in [0.1, 0.15) is 17.6 Å². The molecule has 21 heavy (non-hydrogen) atoms. The smallest absolute Gasteiger partial charge is 0.120 e. The first-order chi connectivity index (χ1) is 10.3. The summed E-state index contributed by atoms with van der Waals surface area (Å²) in [6, 6.07) is 10.1. The van der Waals surface area contributed by atoms with Crippen molar-refractivity contribution in [3.8, 4) is 17.6 Å². The van der Waals surface area contributed by atoms with E-state index in [4.69, 9.17) is 9.47 Å². The van der Waals surface area contributed by atoms with Crippen molar-refractivity contribution in [3.05, 3.63) is 24.3 Å². The molecule has 3 unspecified atom stereocenters. The average molecular weight is 287 g/mol. The van der Waals surface area contributed by atoms with Gasteiger partial charge in [-0.25, -0.2) is 0 Å². The molecule has 0 saturated heterocycles. The number of ether oxygens (including phenoxy) is 2. The van der Waals surface area contributed by atoms with Crippen LogP contribution >= 0.6 is 0 Å². The summed E-state index contributed by atoms with van der Waals surface area (Å²) in [4.78, 5) is 0. The van der Waals surface area contributed by atoms with Crippen LogP contribution in [-0.2, 0) is 0 Å². The van der Waals surface area contributed by atoms with Crippen molar-refractivity contribution < 1.29 is 9.47 Å². The van der Waals surface area contributed by atoms with Gasteiger partial charge in [0.05, 0.1) is 18.6 Å². The van der Waals surface area contributed by atoms with E-state index >= 15 is 0 Å². The molecule has 1 fully saturated rings. The van der Waals surface area contributed by atoms with Crippen molar-refractivity contribution in [2.75, 3.05) is 6.61 Å². The van der Waals surface area contributed by atoms with Crippen molar-refractivity contribution in [2.24, 2.45) is 11.8 Å². The molecule has 1 saturated carbocycles. The zero-order valence-electron chi connectivity index (χ0n) is 13.0. The predicted molar refractivity (Wildman–Crippen MR) is 83.4 cm³/mol. The SMILES string of the molecule is CCCC1CCC(C#N)C(Oc2ccc(OCC)cc2)C1. The molecule has 0 N–H and O–H groups in total. The topological polar surface area (TPSA) is 42.2 Å². The molecule has 3 heteroatoms. The second-order valence-electron chi connectivity index (χ2n) is 5.76. The van der Waals surface area contributed by atoms with Gasteiger partial charge in [0, 0.05) is 0 Å². The molecule has 1 aliphatic rings. The molecule has 3 atom stereocenters. The van der Waals surface area contributed by atoms with E-state index in [1.54, 1.807) is 0 Å². The Balaban J connectivity index is 1.99. The highest BCUT2D eigenvalue weighted by atomic mass is 16.5. The van der Waals surface area contributed by atoms with E-state index < -0.39 is 0 Å². The Morgan fingerprint density at radius 1 is 1.14 bits per heavy atom. The maximum atomic E-state index is 9.32. The van der Waals surface area contributed by atoms with Crippen LogP contribution < -0.4 is 9.47 Å². The van der Waals surface area contributed by atoms with Crippen molar-refractivity contribution in [1.82, 2.24) is 0 Å². The first-order valence-electron chi connectivity index (χ1n) is 8.06. The highest BCUT2D eigenvalue weighted by Crippen LogP contribution is 2.34. The largest absolute Gasteiger partial charge is 0.494 e. The molecule has 0 heterocycles. The van der Waals surface area contributed by atoms with E-state index in [9.17, 15) is 5.26 Å². The first kappa shape index (κ1) is 15.7. The number of nitrogens with zero attached hydrogens (tertiary/aromatic N) is 1. The lowest BCUT2D eigenvalue weighted by Gasteiger charge is -2.33. The summed E-state index contributed by atoms with van der Waals surface area (Å²) in [6.45, 7) is 4.86. The van der Waals surface area contributed by atoms with Crippen LogP contribution in [0.25, 0.3) is 0 Å². The maximum absolute atomic E-state index is 9.32. The zero-order valence-corrected chi connectivity index (χ0v) is 13.0. The normalized spacial score (nSPS) is 25.1. The minimum absolute atomic E-state index is 0.0182. The second kappa shape index (κ2) is 7.93. The Morgan fingerprint density at radius 2 is 1.86 bits per heavy atom. The van der Waals surface area contributed by atoms with Crippen LogP contribution in [0.5, 0.6) is 11.5 Å². The van der Waals surface area contributed by atoms with Gasteiger partial charge in [0.25, 0.3) is 0 Å². The van der Waals surface area contributed by atoms with Crippen LogP contribution in [0.1, 0.15) is 46.0 Å². The summed E-state index contributed by atoms with van der Waals surface area (Å²) in [6.07, 6.45) is 5.59. The Labute approximate surface area is 127 Å². The van der Waals surface area contributed by atoms with Crippen LogP contribution in [0.15, 0.2) is 24.3 Å². The third-order valence-electron chi connectivity index (χ3n) is 4.19. The molecule has 0 spiro atoms. The monoisotopic (exact) mass is 287 g/mol. The molecule has 0 bridgehead atoms. The quantitative estimate of drug-likeness (QED) is 0.769. The van der Waals surface area contributed by atoms with Crippen LogP contribution in [0, 0.1) is 23.2 Å². The minimum Gasteiger partial charge on any atom is -0.494 e. The summed E-state index contributed by atoms with van der Waals surface area (Å²) in [5.74, 6) is 2.41. The molecule has 3 nitrogen and oxygen atoms in total. The minimum atomic E-state index is 0.0182. The van der Waals surface area contributed by atoms with E-state index in [1.807, 2.05) is 31.2 Å². The molecule has 0 aromatic heterocycles. The molecular weight excluding hydrogens is 262 g/mol. The molecule has 2 rings (SSSR count). The van der Waals surface area contributed by atoms with Crippen molar-refractivity contribution in [1.29, 1.82) is 5.26 Å². The van der Waals surface area contributed by atoms with Gasteiger partial charge in [-0.05, 0) is 56.4 Å². The maximum Gasteiger partial charge on any atom is 0.120 e. The molecule has 1 aromatic carbocycles. The van der Waals surface area contributed by atoms with E-state index in [-0.39, 0.29) is 12.0 Å². The summed E-state index contributed by atoms with van der Waals surface area (Å²) < 4.78 is 11.5. The molecule has 114 valence electrons. The van der Waals surface area contributed by atoms with E-state index in [2.05, 4.69) is 13.0 Å². The molecule has 0 aliphatic heterocycles. The summed E-state index contributed by atoms with van der Waals surface area (Å²) in [7, 11) is 0. The molecule has 0 amide bonds. The van der Waals surface area contributed by atoms with Gasteiger partial charge in [-0.3, -0.25) is 0 Å². The fraction of sp³-hybridized carbons (Fsp3) is 0.611. The lowest BCUT2D eigenvalue weighted by molar-refractivity contribution is 0.0874. The molecule has 1 aliphatic carbocycles. The third-order valence-corrected chi connectivity index (χ3v) is 4.19. The second-order valence-corrected chi connectivity index (χ2v) is 5.76. The van der Waals surface area contributed by atoms with Gasteiger partial charge in [-0.2, -0.15) is 5.26 Å². The Bertz CT molecular complexity index is 463. The van der Waals surface area contributed by atoms with E-state index in [0.29, 0.717) is 12.5 Å². The Kier molecular flexibility index (Phi) is 5.92. The molecular formula is C18H25NO2. The van der Waals surface area contributed by atoms with Gasteiger partial charge in [0.2, 0.25) is 0 Å². The highest BCUT2D eigenvalue weighted by Gasteiger charge is 2.31. The highest BCUT2D eigenvalue weighted by molar-refractivity contribution is 5.31. The number of nitriles is 1. The van der Waals surface area contributed by atoms with Gasteiger partial charge in [-0.15, -0.1) is 0 Å². The lowest BCUT2D eigenvalue weighted by Crippen LogP contribution is -2.33. The summed E-state index contributed by atoms with van der Waals surface area (Å²) in [5.41, 5.74) is 0. The van der Waals surface area contributed by atoms with Crippen LogP contribution in [0.3, 0.4) is 0 Å². The fourth-order valence-corrected chi connectivity index (χ4v) is 3.12. The van der Waals surface area contributed by atoms with Crippen LogP contribution in [-0.4, -0.2) is 12.7 Å². The van der Waals surface area contributed by atoms with Crippen LogP contribution in [0.4, 0.5) is 0 Å². The van der Waals surface area contributed by atoms with Gasteiger partial charge >= 0.3 is 0 Å². The van der Waals surface area contributed by atoms with Gasteiger partial charge in [-0.1, -0.05) is 19.8 Å². The standard InChI is InChI=1S/C18H25NO2/c1-3-5-14-6-7-15(13-19)18(12-14)21-17-10-8-16(9-11-17)20-4-2/h8-11,14-15,18H,3-7,12H2,1-2H3. The third kappa shape index (κ3) is 4.39. The van der Waals surface area contributed by atoms with Crippen molar-refractivity contribution >= 4 is 0 Å². The fourth-order valence-electron chi connectivity index (χ4n) is 3.12. The summed E-state index contributed by atoms with van der Waals surface area (Å²) in [5, 5.41) is 9.32. The van der Waals surface area contributed by atoms with Gasteiger partial charge in [0.15, 0.2) is 0 Å². The summed E-state index contributed by atoms with van der Waals surface area (Å²) >= 11 is 0. The van der Waals surface area contributed by atoms with Crippen molar-refractivity contribution in [2.45, 2.75) is 52.1 Å². The van der Waals surface area contributed by atoms with Crippen molar-refractivity contribution in [3.63, 3.8) is 0 Å². The predicted octanol–water partition coefficient (Wildman–Crippen LogP) is 4.57. The number of hydrogen-bond acceptors (Lipinski definition) is 3. The average Bonchev–Trinajstić information content (AvgIpc) is 2.50. The first-order valence-corrected chi connectivity index (χ1v) is 8.06. The number of benzene rings is 1. The molecule has 0 radical (unpaired) electrons. The van der Waals surface area contributed by atoms with Crippen LogP contribution in [0.2, 0.25) is 0 Å². The Morgan fingerprint density at radius 3 is 2.48 bits per heavy atom. The lowest BCUT2D eigenvalue weighted by atomic mass is 9.78.